The van der Waals surface area contributed by atoms with E-state index in [2.05, 4.69) is 10.1 Å². The van der Waals surface area contributed by atoms with Crippen LogP contribution in [0.3, 0.4) is 0 Å². The van der Waals surface area contributed by atoms with Crippen LogP contribution in [0.25, 0.3) is 0 Å². The molecule has 2 rings (SSSR count). The number of anilines is 1. The van der Waals surface area contributed by atoms with E-state index in [0.717, 1.165) is 5.69 Å². The molecule has 2 aromatic rings. The summed E-state index contributed by atoms with van der Waals surface area (Å²) in [5, 5.41) is 4.33. The van der Waals surface area contributed by atoms with Crippen LogP contribution in [0.15, 0.2) is 30.6 Å². The third kappa shape index (κ3) is 2.56. The molecule has 0 bridgehead atoms. The Balaban J connectivity index is 2.14. The Kier molecular flexibility index (Phi) is 3.41. The van der Waals surface area contributed by atoms with Gasteiger partial charge >= 0.3 is 0 Å². The van der Waals surface area contributed by atoms with Crippen LogP contribution < -0.4 is 5.73 Å². The van der Waals surface area contributed by atoms with Gasteiger partial charge in [-0.3, -0.25) is 14.5 Å². The van der Waals surface area contributed by atoms with E-state index in [1.54, 1.807) is 18.3 Å². The molecule has 0 fully saturated rings. The smallest absolute Gasteiger partial charge is 0.189 e. The molecule has 18 heavy (non-hydrogen) atoms. The Hall–Kier alpha value is -2.17. The normalized spacial score (nSPS) is 10.8. The van der Waals surface area contributed by atoms with Crippen LogP contribution in [0.1, 0.15) is 36.1 Å². The minimum atomic E-state index is -0.109. The summed E-state index contributed by atoms with van der Waals surface area (Å²) in [7, 11) is 0. The molecular weight excluding hydrogens is 228 g/mol. The summed E-state index contributed by atoms with van der Waals surface area (Å²) in [6, 6.07) is 5.51. The first-order valence-corrected chi connectivity index (χ1v) is 5.85. The SMILES string of the molecule is CC(C)n1ccc(CC(=O)c2ncccc2N)n1. The van der Waals surface area contributed by atoms with Gasteiger partial charge < -0.3 is 5.73 Å². The molecule has 94 valence electrons. The summed E-state index contributed by atoms with van der Waals surface area (Å²) in [5.74, 6) is -0.109. The van der Waals surface area contributed by atoms with Crippen molar-refractivity contribution < 1.29 is 4.79 Å². The zero-order valence-corrected chi connectivity index (χ0v) is 10.5. The van der Waals surface area contributed by atoms with Crippen LogP contribution in [0.2, 0.25) is 0 Å². The van der Waals surface area contributed by atoms with Crippen molar-refractivity contribution in [2.75, 3.05) is 5.73 Å². The van der Waals surface area contributed by atoms with Crippen molar-refractivity contribution in [3.8, 4) is 0 Å². The van der Waals surface area contributed by atoms with Gasteiger partial charge in [0.25, 0.3) is 0 Å². The molecule has 0 saturated carbocycles. The standard InChI is InChI=1S/C13H16N4O/c1-9(2)17-7-5-10(16-17)8-12(18)13-11(14)4-3-6-15-13/h3-7,9H,8,14H2,1-2H3. The van der Waals surface area contributed by atoms with E-state index >= 15 is 0 Å². The minimum absolute atomic E-state index is 0.109. The fourth-order valence-corrected chi connectivity index (χ4v) is 1.66. The lowest BCUT2D eigenvalue weighted by Gasteiger charge is -2.04. The van der Waals surface area contributed by atoms with E-state index in [4.69, 9.17) is 5.73 Å². The third-order valence-corrected chi connectivity index (χ3v) is 2.64. The fraction of sp³-hybridized carbons (Fsp3) is 0.308. The third-order valence-electron chi connectivity index (χ3n) is 2.64. The van der Waals surface area contributed by atoms with Crippen LogP contribution in [0.4, 0.5) is 5.69 Å². The van der Waals surface area contributed by atoms with Crippen LogP contribution >= 0.6 is 0 Å². The molecule has 5 heteroatoms. The zero-order valence-electron chi connectivity index (χ0n) is 10.5. The average Bonchev–Trinajstić information content (AvgIpc) is 2.78. The van der Waals surface area contributed by atoms with E-state index in [1.165, 1.54) is 0 Å². The molecular formula is C13H16N4O. The van der Waals surface area contributed by atoms with Gasteiger partial charge in [0, 0.05) is 18.4 Å². The Bertz CT molecular complexity index is 560. The van der Waals surface area contributed by atoms with Crippen LogP contribution in [0, 0.1) is 0 Å². The minimum Gasteiger partial charge on any atom is -0.397 e. The highest BCUT2D eigenvalue weighted by Crippen LogP contribution is 2.11. The van der Waals surface area contributed by atoms with Crippen molar-refractivity contribution in [1.82, 2.24) is 14.8 Å². The fourth-order valence-electron chi connectivity index (χ4n) is 1.66. The molecule has 0 aliphatic carbocycles. The van der Waals surface area contributed by atoms with Gasteiger partial charge in [0.05, 0.1) is 17.8 Å². The lowest BCUT2D eigenvalue weighted by atomic mass is 10.1. The molecule has 5 nitrogen and oxygen atoms in total. The van der Waals surface area contributed by atoms with Gasteiger partial charge in [0.2, 0.25) is 0 Å². The van der Waals surface area contributed by atoms with E-state index in [1.807, 2.05) is 30.8 Å². The van der Waals surface area contributed by atoms with Gasteiger partial charge in [-0.2, -0.15) is 5.10 Å². The zero-order chi connectivity index (χ0) is 13.1. The summed E-state index contributed by atoms with van der Waals surface area (Å²) in [6.45, 7) is 4.07. The van der Waals surface area contributed by atoms with Crippen LogP contribution in [-0.2, 0) is 6.42 Å². The molecule has 0 spiro atoms. The highest BCUT2D eigenvalue weighted by molar-refractivity contribution is 5.99. The molecule has 0 saturated heterocycles. The summed E-state index contributed by atoms with van der Waals surface area (Å²) in [5.41, 5.74) is 7.18. The molecule has 0 unspecified atom stereocenters. The van der Waals surface area contributed by atoms with Gasteiger partial charge in [0.15, 0.2) is 5.78 Å². The second kappa shape index (κ2) is 5.00. The maximum atomic E-state index is 12.0. The average molecular weight is 244 g/mol. The van der Waals surface area contributed by atoms with Crippen molar-refractivity contribution >= 4 is 11.5 Å². The van der Waals surface area contributed by atoms with E-state index in [0.29, 0.717) is 11.4 Å². The van der Waals surface area contributed by atoms with Crippen molar-refractivity contribution in [2.45, 2.75) is 26.3 Å². The molecule has 0 radical (unpaired) electrons. The van der Waals surface area contributed by atoms with Gasteiger partial charge in [-0.15, -0.1) is 0 Å². The number of nitrogens with zero attached hydrogens (tertiary/aromatic N) is 3. The number of rotatable bonds is 4. The number of hydrogen-bond donors (Lipinski definition) is 1. The first-order valence-electron chi connectivity index (χ1n) is 5.85. The number of Topliss-reactive ketones (excluding diaryl/α,β-unsaturated/α-hetero) is 1. The number of hydrogen-bond acceptors (Lipinski definition) is 4. The second-order valence-electron chi connectivity index (χ2n) is 4.42. The van der Waals surface area contributed by atoms with E-state index in [-0.39, 0.29) is 18.2 Å². The van der Waals surface area contributed by atoms with E-state index in [9.17, 15) is 4.79 Å². The lowest BCUT2D eigenvalue weighted by molar-refractivity contribution is 0.0988. The second-order valence-corrected chi connectivity index (χ2v) is 4.42. The summed E-state index contributed by atoms with van der Waals surface area (Å²) in [6.07, 6.45) is 3.66. The van der Waals surface area contributed by atoms with Gasteiger partial charge in [0.1, 0.15) is 5.69 Å². The highest BCUT2D eigenvalue weighted by Gasteiger charge is 2.13. The number of carbonyl (C=O) groups excluding carboxylic acids is 1. The van der Waals surface area contributed by atoms with Crippen molar-refractivity contribution in [2.24, 2.45) is 0 Å². The molecule has 2 N–H and O–H groups in total. The summed E-state index contributed by atoms with van der Waals surface area (Å²) >= 11 is 0. The summed E-state index contributed by atoms with van der Waals surface area (Å²) in [4.78, 5) is 16.0. The highest BCUT2D eigenvalue weighted by atomic mass is 16.1. The molecule has 0 aliphatic rings. The maximum Gasteiger partial charge on any atom is 0.189 e. The Morgan fingerprint density at radius 2 is 2.22 bits per heavy atom. The number of aromatic nitrogens is 3. The lowest BCUT2D eigenvalue weighted by Crippen LogP contribution is -2.10. The monoisotopic (exact) mass is 244 g/mol. The molecule has 2 heterocycles. The van der Waals surface area contributed by atoms with Crippen molar-refractivity contribution in [3.05, 3.63) is 42.0 Å². The van der Waals surface area contributed by atoms with E-state index < -0.39 is 0 Å². The number of pyridine rings is 1. The summed E-state index contributed by atoms with van der Waals surface area (Å²) < 4.78 is 1.82. The number of ketones is 1. The number of carbonyl (C=O) groups is 1. The maximum absolute atomic E-state index is 12.0. The largest absolute Gasteiger partial charge is 0.397 e. The molecule has 2 aromatic heterocycles. The topological polar surface area (TPSA) is 73.8 Å². The molecule has 0 atom stereocenters. The van der Waals surface area contributed by atoms with Gasteiger partial charge in [-0.05, 0) is 32.0 Å². The van der Waals surface area contributed by atoms with Crippen LogP contribution in [0.5, 0.6) is 0 Å². The Morgan fingerprint density at radius 3 is 2.83 bits per heavy atom. The number of nitrogen functional groups attached to an aromatic ring is 1. The van der Waals surface area contributed by atoms with Crippen molar-refractivity contribution in [1.29, 1.82) is 0 Å². The molecule has 0 amide bonds. The number of nitrogens with two attached hydrogens (primary N) is 1. The van der Waals surface area contributed by atoms with Crippen LogP contribution in [-0.4, -0.2) is 20.5 Å². The first-order chi connectivity index (χ1) is 8.58. The Morgan fingerprint density at radius 1 is 1.44 bits per heavy atom. The first kappa shape index (κ1) is 12.3. The predicted octanol–water partition coefficient (Wildman–Crippen LogP) is 1.87. The molecule has 0 aliphatic heterocycles. The van der Waals surface area contributed by atoms with Gasteiger partial charge in [-0.1, -0.05) is 0 Å². The quantitative estimate of drug-likeness (QED) is 0.833. The molecule has 0 aromatic carbocycles. The predicted molar refractivity (Wildman–Crippen MR) is 69.3 cm³/mol. The van der Waals surface area contributed by atoms with Crippen molar-refractivity contribution in [3.63, 3.8) is 0 Å². The Labute approximate surface area is 106 Å². The van der Waals surface area contributed by atoms with Gasteiger partial charge in [-0.25, -0.2) is 0 Å².